The van der Waals surface area contributed by atoms with Crippen molar-refractivity contribution in [2.75, 3.05) is 13.2 Å². The summed E-state index contributed by atoms with van der Waals surface area (Å²) in [6.07, 6.45) is 3.44. The Morgan fingerprint density at radius 3 is 2.75 bits per heavy atom. The predicted molar refractivity (Wildman–Crippen MR) is 82.1 cm³/mol. The molecule has 2 aromatic rings. The van der Waals surface area contributed by atoms with Crippen LogP contribution in [0.1, 0.15) is 42.2 Å². The fraction of sp³-hybridized carbons (Fsp3) is 0.533. The van der Waals surface area contributed by atoms with Crippen LogP contribution in [0.2, 0.25) is 0 Å². The molecule has 1 saturated heterocycles. The second kappa shape index (κ2) is 6.23. The first kappa shape index (κ1) is 14.0. The van der Waals surface area contributed by atoms with E-state index >= 15 is 0 Å². The Balaban J connectivity index is 1.64. The van der Waals surface area contributed by atoms with Gasteiger partial charge in [-0.25, -0.2) is 0 Å². The number of rotatable bonds is 4. The van der Waals surface area contributed by atoms with E-state index in [2.05, 4.69) is 19.1 Å². The number of hydrogen-bond donors (Lipinski definition) is 0. The van der Waals surface area contributed by atoms with Crippen LogP contribution in [0.3, 0.4) is 0 Å². The van der Waals surface area contributed by atoms with Crippen LogP contribution < -0.4 is 0 Å². The molecule has 1 aliphatic heterocycles. The Morgan fingerprint density at radius 1 is 1.30 bits per heavy atom. The zero-order chi connectivity index (χ0) is 13.9. The lowest BCUT2D eigenvalue weighted by atomic mass is 10.0. The van der Waals surface area contributed by atoms with Crippen LogP contribution in [0.5, 0.6) is 0 Å². The molecule has 20 heavy (non-hydrogen) atoms. The van der Waals surface area contributed by atoms with Gasteiger partial charge in [0.05, 0.1) is 22.1 Å². The van der Waals surface area contributed by atoms with Crippen LogP contribution >= 0.6 is 22.7 Å². The lowest BCUT2D eigenvalue weighted by Crippen LogP contribution is -2.26. The smallest absolute Gasteiger partial charge is 0.193 e. The Kier molecular flexibility index (Phi) is 4.37. The summed E-state index contributed by atoms with van der Waals surface area (Å²) in [6.45, 7) is 3.79. The van der Waals surface area contributed by atoms with Crippen molar-refractivity contribution in [2.24, 2.45) is 5.92 Å². The van der Waals surface area contributed by atoms with Crippen LogP contribution in [0, 0.1) is 17.2 Å². The average Bonchev–Trinajstić information content (AvgIpc) is 3.03. The van der Waals surface area contributed by atoms with Gasteiger partial charge in [0.1, 0.15) is 10.9 Å². The highest BCUT2D eigenvalue weighted by Crippen LogP contribution is 2.38. The van der Waals surface area contributed by atoms with E-state index < -0.39 is 0 Å². The van der Waals surface area contributed by atoms with E-state index in [-0.39, 0.29) is 6.29 Å². The highest BCUT2D eigenvalue weighted by atomic mass is 32.2. The molecule has 0 N–H and O–H groups in total. The minimum Gasteiger partial charge on any atom is -0.347 e. The first-order valence-corrected chi connectivity index (χ1v) is 8.60. The van der Waals surface area contributed by atoms with Gasteiger partial charge in [-0.05, 0) is 18.6 Å². The molecule has 0 bridgehead atoms. The third kappa shape index (κ3) is 2.89. The maximum Gasteiger partial charge on any atom is 0.193 e. The van der Waals surface area contributed by atoms with Gasteiger partial charge >= 0.3 is 0 Å². The third-order valence-electron chi connectivity index (χ3n) is 3.51. The van der Waals surface area contributed by atoms with Gasteiger partial charge in [0.25, 0.3) is 0 Å². The van der Waals surface area contributed by atoms with Gasteiger partial charge in [0.15, 0.2) is 6.29 Å². The van der Waals surface area contributed by atoms with Crippen molar-refractivity contribution in [1.82, 2.24) is 0 Å². The summed E-state index contributed by atoms with van der Waals surface area (Å²) >= 11 is 3.22. The number of nitriles is 1. The topological polar surface area (TPSA) is 42.2 Å². The fourth-order valence-corrected chi connectivity index (χ4v) is 4.66. The van der Waals surface area contributed by atoms with Crippen LogP contribution in [0.4, 0.5) is 0 Å². The monoisotopic (exact) mass is 307 g/mol. The van der Waals surface area contributed by atoms with Gasteiger partial charge in [-0.15, -0.1) is 22.7 Å². The summed E-state index contributed by atoms with van der Waals surface area (Å²) in [5, 5.41) is 10.0. The minimum atomic E-state index is -0.219. The molecular formula is C15H17NO2S2. The SMILES string of the molecule is CCCCC1COC(c2cc3cc(C#N)sc3s2)OC1. The molecule has 1 fully saturated rings. The first-order valence-electron chi connectivity index (χ1n) is 6.96. The van der Waals surface area contributed by atoms with E-state index in [1.54, 1.807) is 22.7 Å². The average molecular weight is 307 g/mol. The number of hydrogen-bond acceptors (Lipinski definition) is 5. The molecule has 0 amide bonds. The number of nitrogens with zero attached hydrogens (tertiary/aromatic N) is 1. The zero-order valence-electron chi connectivity index (χ0n) is 11.4. The van der Waals surface area contributed by atoms with Crippen molar-refractivity contribution in [1.29, 1.82) is 5.26 Å². The van der Waals surface area contributed by atoms with Crippen molar-refractivity contribution in [3.8, 4) is 6.07 Å². The lowest BCUT2D eigenvalue weighted by molar-refractivity contribution is -0.204. The number of fused-ring (bicyclic) bond motifs is 1. The van der Waals surface area contributed by atoms with Gasteiger partial charge in [-0.1, -0.05) is 19.8 Å². The van der Waals surface area contributed by atoms with Crippen molar-refractivity contribution < 1.29 is 9.47 Å². The summed E-state index contributed by atoms with van der Waals surface area (Å²) in [6, 6.07) is 6.22. The van der Waals surface area contributed by atoms with Crippen LogP contribution in [-0.4, -0.2) is 13.2 Å². The van der Waals surface area contributed by atoms with Crippen LogP contribution in [0.25, 0.3) is 9.40 Å². The van der Waals surface area contributed by atoms with Crippen molar-refractivity contribution >= 4 is 32.1 Å². The molecule has 0 spiro atoms. The molecule has 5 heteroatoms. The summed E-state index contributed by atoms with van der Waals surface area (Å²) in [7, 11) is 0. The number of unbranched alkanes of at least 4 members (excludes halogenated alkanes) is 1. The molecule has 3 rings (SSSR count). The van der Waals surface area contributed by atoms with Crippen molar-refractivity contribution in [3.05, 3.63) is 21.9 Å². The summed E-state index contributed by atoms with van der Waals surface area (Å²) in [5.41, 5.74) is 0. The molecule has 106 valence electrons. The van der Waals surface area contributed by atoms with Crippen molar-refractivity contribution in [2.45, 2.75) is 32.5 Å². The van der Waals surface area contributed by atoms with Gasteiger partial charge in [-0.3, -0.25) is 0 Å². The molecule has 2 aromatic heterocycles. The van der Waals surface area contributed by atoms with E-state index in [0.717, 1.165) is 28.4 Å². The third-order valence-corrected chi connectivity index (χ3v) is 5.83. The maximum absolute atomic E-state index is 8.89. The van der Waals surface area contributed by atoms with Gasteiger partial charge in [-0.2, -0.15) is 5.26 Å². The van der Waals surface area contributed by atoms with Gasteiger partial charge in [0, 0.05) is 11.3 Å². The van der Waals surface area contributed by atoms with E-state index in [4.69, 9.17) is 14.7 Å². The van der Waals surface area contributed by atoms with Crippen molar-refractivity contribution in [3.63, 3.8) is 0 Å². The molecular weight excluding hydrogens is 290 g/mol. The molecule has 0 radical (unpaired) electrons. The minimum absolute atomic E-state index is 0.219. The van der Waals surface area contributed by atoms with Crippen LogP contribution in [0.15, 0.2) is 12.1 Å². The standard InChI is InChI=1S/C15H17NO2S2/c1-2-3-4-10-8-17-14(18-9-10)13-6-11-5-12(7-16)19-15(11)20-13/h5-6,10,14H,2-4,8-9H2,1H3. The molecule has 0 saturated carbocycles. The summed E-state index contributed by atoms with van der Waals surface area (Å²) in [5.74, 6) is 0.539. The maximum atomic E-state index is 8.89. The van der Waals surface area contributed by atoms with E-state index in [1.165, 1.54) is 23.3 Å². The van der Waals surface area contributed by atoms with E-state index in [9.17, 15) is 0 Å². The Morgan fingerprint density at radius 2 is 2.10 bits per heavy atom. The van der Waals surface area contributed by atoms with E-state index in [0.29, 0.717) is 5.92 Å². The molecule has 0 atom stereocenters. The molecule has 0 aliphatic carbocycles. The highest BCUT2D eigenvalue weighted by molar-refractivity contribution is 7.38. The number of thiophene rings is 2. The Bertz CT molecular complexity index is 586. The van der Waals surface area contributed by atoms with Gasteiger partial charge < -0.3 is 9.47 Å². The Hall–Kier alpha value is -0.930. The number of ether oxygens (including phenoxy) is 2. The fourth-order valence-electron chi connectivity index (χ4n) is 2.40. The zero-order valence-corrected chi connectivity index (χ0v) is 13.1. The Labute approximate surface area is 126 Å². The molecule has 3 nitrogen and oxygen atoms in total. The largest absolute Gasteiger partial charge is 0.347 e. The predicted octanol–water partition coefficient (Wildman–Crippen LogP) is 4.69. The normalized spacial score (nSPS) is 23.0. The quantitative estimate of drug-likeness (QED) is 0.823. The van der Waals surface area contributed by atoms with Gasteiger partial charge in [0.2, 0.25) is 0 Å². The summed E-state index contributed by atoms with van der Waals surface area (Å²) in [4.78, 5) is 1.88. The molecule has 0 unspecified atom stereocenters. The highest BCUT2D eigenvalue weighted by Gasteiger charge is 2.25. The summed E-state index contributed by atoms with van der Waals surface area (Å²) < 4.78 is 12.9. The molecule has 3 heterocycles. The van der Waals surface area contributed by atoms with E-state index in [1.807, 2.05) is 6.07 Å². The van der Waals surface area contributed by atoms with Crippen LogP contribution in [-0.2, 0) is 9.47 Å². The second-order valence-corrected chi connectivity index (χ2v) is 7.52. The lowest BCUT2D eigenvalue weighted by Gasteiger charge is -2.28. The second-order valence-electron chi connectivity index (χ2n) is 5.12. The molecule has 0 aromatic carbocycles. The molecule has 1 aliphatic rings. The first-order chi connectivity index (χ1) is 9.80.